The van der Waals surface area contributed by atoms with Gasteiger partial charge in [-0.05, 0) is 31.0 Å². The average Bonchev–Trinajstić information content (AvgIpc) is 2.65. The van der Waals surface area contributed by atoms with E-state index in [2.05, 4.69) is 0 Å². The maximum atomic E-state index is 10.5. The lowest BCUT2D eigenvalue weighted by atomic mass is 9.83. The minimum absolute atomic E-state index is 0.0358. The zero-order chi connectivity index (χ0) is 18.9. The predicted molar refractivity (Wildman–Crippen MR) is 95.5 cm³/mol. The second kappa shape index (κ2) is 10.7. The van der Waals surface area contributed by atoms with Crippen LogP contribution in [0.4, 0.5) is 0 Å². The molecule has 25 heavy (non-hydrogen) atoms. The van der Waals surface area contributed by atoms with Gasteiger partial charge in [0.25, 0.3) is 0 Å². The first kappa shape index (κ1) is 21.9. The van der Waals surface area contributed by atoms with E-state index in [1.807, 2.05) is 38.1 Å². The second-order valence-corrected chi connectivity index (χ2v) is 6.40. The number of aliphatic hydroxyl groups is 2. The Hall–Kier alpha value is -1.18. The lowest BCUT2D eigenvalue weighted by molar-refractivity contribution is -0.237. The molecule has 0 radical (unpaired) electrons. The molecule has 0 aliphatic carbocycles. The van der Waals surface area contributed by atoms with Gasteiger partial charge < -0.3 is 29.2 Å². The summed E-state index contributed by atoms with van der Waals surface area (Å²) in [6, 6.07) is 7.57. The largest absolute Gasteiger partial charge is 0.497 e. The quantitative estimate of drug-likeness (QED) is 0.560. The molecule has 0 saturated heterocycles. The fourth-order valence-corrected chi connectivity index (χ4v) is 2.86. The number of benzene rings is 1. The normalized spacial score (nSPS) is 17.6. The van der Waals surface area contributed by atoms with Crippen molar-refractivity contribution in [3.8, 4) is 5.75 Å². The Kier molecular flexibility index (Phi) is 9.38. The molecule has 6 heteroatoms. The van der Waals surface area contributed by atoms with Gasteiger partial charge in [0.2, 0.25) is 0 Å². The standard InChI is InChI=1S/C19H32O6/c1-6-17(21)19(3,25-13-22-4)18(14(2)11-20)24-12-15-7-9-16(23-5)10-8-15/h7-10,14,17-18,20-21H,6,11-13H2,1-5H3/t14-,17+,18+,19+/m0/s1. The molecule has 6 nitrogen and oxygen atoms in total. The van der Waals surface area contributed by atoms with Gasteiger partial charge in [-0.3, -0.25) is 0 Å². The first-order valence-electron chi connectivity index (χ1n) is 8.59. The molecule has 4 atom stereocenters. The van der Waals surface area contributed by atoms with Gasteiger partial charge >= 0.3 is 0 Å². The van der Waals surface area contributed by atoms with E-state index >= 15 is 0 Å². The van der Waals surface area contributed by atoms with Crippen molar-refractivity contribution in [2.45, 2.75) is 51.6 Å². The number of methoxy groups -OCH3 is 2. The summed E-state index contributed by atoms with van der Waals surface area (Å²) in [6.07, 6.45) is -0.761. The molecule has 0 unspecified atom stereocenters. The van der Waals surface area contributed by atoms with E-state index in [0.29, 0.717) is 13.0 Å². The van der Waals surface area contributed by atoms with Crippen molar-refractivity contribution >= 4 is 0 Å². The first-order chi connectivity index (χ1) is 11.9. The molecule has 1 aromatic carbocycles. The molecule has 0 aliphatic heterocycles. The first-order valence-corrected chi connectivity index (χ1v) is 8.59. The van der Waals surface area contributed by atoms with Crippen LogP contribution in [0.3, 0.4) is 0 Å². The van der Waals surface area contributed by atoms with Gasteiger partial charge in [0, 0.05) is 19.6 Å². The summed E-state index contributed by atoms with van der Waals surface area (Å²) in [6.45, 7) is 5.84. The van der Waals surface area contributed by atoms with Gasteiger partial charge in [-0.2, -0.15) is 0 Å². The summed E-state index contributed by atoms with van der Waals surface area (Å²) < 4.78 is 22.1. The molecule has 1 aromatic rings. The number of ether oxygens (including phenoxy) is 4. The molecule has 0 bridgehead atoms. The maximum absolute atomic E-state index is 10.5. The lowest BCUT2D eigenvalue weighted by Crippen LogP contribution is -2.56. The summed E-state index contributed by atoms with van der Waals surface area (Å²) in [7, 11) is 3.15. The van der Waals surface area contributed by atoms with Gasteiger partial charge in [0.1, 0.15) is 18.1 Å². The van der Waals surface area contributed by atoms with Crippen LogP contribution in [0.15, 0.2) is 24.3 Å². The Balaban J connectivity index is 2.95. The molecule has 0 spiro atoms. The highest BCUT2D eigenvalue weighted by atomic mass is 16.7. The average molecular weight is 356 g/mol. The molecule has 0 heterocycles. The van der Waals surface area contributed by atoms with Crippen LogP contribution in [0.2, 0.25) is 0 Å². The smallest absolute Gasteiger partial charge is 0.147 e. The summed E-state index contributed by atoms with van der Waals surface area (Å²) in [4.78, 5) is 0. The molecule has 1 rings (SSSR count). The summed E-state index contributed by atoms with van der Waals surface area (Å²) in [5.41, 5.74) is -0.0321. The fraction of sp³-hybridized carbons (Fsp3) is 0.684. The SMILES string of the molecule is CC[C@@H](O)[C@@](C)(OCOC)[C@H](OCc1ccc(OC)cc1)[C@@H](C)CO. The van der Waals surface area contributed by atoms with E-state index in [0.717, 1.165) is 11.3 Å². The zero-order valence-electron chi connectivity index (χ0n) is 15.9. The Bertz CT molecular complexity index is 477. The van der Waals surface area contributed by atoms with Crippen molar-refractivity contribution in [1.82, 2.24) is 0 Å². The van der Waals surface area contributed by atoms with Crippen molar-refractivity contribution in [2.75, 3.05) is 27.6 Å². The Labute approximate surface area is 150 Å². The summed E-state index contributed by atoms with van der Waals surface area (Å²) in [5, 5.41) is 20.2. The highest BCUT2D eigenvalue weighted by Gasteiger charge is 2.44. The van der Waals surface area contributed by atoms with E-state index < -0.39 is 17.8 Å². The van der Waals surface area contributed by atoms with E-state index in [9.17, 15) is 10.2 Å². The van der Waals surface area contributed by atoms with Crippen LogP contribution in [-0.4, -0.2) is 55.6 Å². The minimum Gasteiger partial charge on any atom is -0.497 e. The van der Waals surface area contributed by atoms with Crippen LogP contribution in [0, 0.1) is 5.92 Å². The number of rotatable bonds is 12. The van der Waals surface area contributed by atoms with Crippen LogP contribution in [-0.2, 0) is 20.8 Å². The van der Waals surface area contributed by atoms with Gasteiger partial charge in [0.15, 0.2) is 0 Å². The maximum Gasteiger partial charge on any atom is 0.147 e. The van der Waals surface area contributed by atoms with E-state index in [1.54, 1.807) is 14.0 Å². The van der Waals surface area contributed by atoms with Crippen LogP contribution < -0.4 is 4.74 Å². The van der Waals surface area contributed by atoms with E-state index in [-0.39, 0.29) is 19.3 Å². The molecule has 0 saturated carbocycles. The Morgan fingerprint density at radius 1 is 1.16 bits per heavy atom. The van der Waals surface area contributed by atoms with E-state index in [1.165, 1.54) is 7.11 Å². The summed E-state index contributed by atoms with van der Waals surface area (Å²) in [5.74, 6) is 0.556. The van der Waals surface area contributed by atoms with Crippen LogP contribution >= 0.6 is 0 Å². The molecule has 0 fully saturated rings. The molecule has 0 aliphatic rings. The van der Waals surface area contributed by atoms with E-state index in [4.69, 9.17) is 18.9 Å². The van der Waals surface area contributed by atoms with Crippen molar-refractivity contribution in [1.29, 1.82) is 0 Å². The van der Waals surface area contributed by atoms with Gasteiger partial charge in [-0.1, -0.05) is 26.0 Å². The second-order valence-electron chi connectivity index (χ2n) is 6.40. The van der Waals surface area contributed by atoms with Gasteiger partial charge in [-0.25, -0.2) is 0 Å². The highest BCUT2D eigenvalue weighted by Crippen LogP contribution is 2.31. The summed E-state index contributed by atoms with van der Waals surface area (Å²) >= 11 is 0. The molecule has 144 valence electrons. The molecular weight excluding hydrogens is 324 g/mol. The molecular formula is C19H32O6. The topological polar surface area (TPSA) is 77.4 Å². The van der Waals surface area contributed by atoms with Crippen LogP contribution in [0.1, 0.15) is 32.8 Å². The van der Waals surface area contributed by atoms with Crippen molar-refractivity contribution in [3.05, 3.63) is 29.8 Å². The zero-order valence-corrected chi connectivity index (χ0v) is 15.9. The predicted octanol–water partition coefficient (Wildman–Crippen LogP) is 2.36. The molecule has 2 N–H and O–H groups in total. The van der Waals surface area contributed by atoms with Gasteiger partial charge in [0.05, 0.1) is 25.9 Å². The monoisotopic (exact) mass is 356 g/mol. The molecule has 0 amide bonds. The fourth-order valence-electron chi connectivity index (χ4n) is 2.86. The van der Waals surface area contributed by atoms with Crippen molar-refractivity contribution in [3.63, 3.8) is 0 Å². The third-order valence-corrected chi connectivity index (χ3v) is 4.49. The van der Waals surface area contributed by atoms with Crippen LogP contribution in [0.25, 0.3) is 0 Å². The Morgan fingerprint density at radius 3 is 2.28 bits per heavy atom. The number of aliphatic hydroxyl groups excluding tert-OH is 2. The van der Waals surface area contributed by atoms with Crippen molar-refractivity contribution < 1.29 is 29.2 Å². The molecule has 0 aromatic heterocycles. The third kappa shape index (κ3) is 5.94. The minimum atomic E-state index is -1.00. The van der Waals surface area contributed by atoms with Crippen molar-refractivity contribution in [2.24, 2.45) is 5.92 Å². The highest BCUT2D eigenvalue weighted by molar-refractivity contribution is 5.26. The lowest BCUT2D eigenvalue weighted by Gasteiger charge is -2.42. The Morgan fingerprint density at radius 2 is 1.80 bits per heavy atom. The van der Waals surface area contributed by atoms with Gasteiger partial charge in [-0.15, -0.1) is 0 Å². The number of hydrogen-bond acceptors (Lipinski definition) is 6. The van der Waals surface area contributed by atoms with Crippen LogP contribution in [0.5, 0.6) is 5.75 Å². The third-order valence-electron chi connectivity index (χ3n) is 4.49. The number of hydrogen-bond donors (Lipinski definition) is 2.